The van der Waals surface area contributed by atoms with E-state index in [0.717, 1.165) is 22.4 Å². The number of nitrogens with one attached hydrogen (secondary N) is 1. The number of rotatable bonds is 2. The Balaban J connectivity index is 1.68. The van der Waals surface area contributed by atoms with Gasteiger partial charge in [-0.1, -0.05) is 48.0 Å². The smallest absolute Gasteiger partial charge is 0.242 e. The lowest BCUT2D eigenvalue weighted by Crippen LogP contribution is -2.45. The van der Waals surface area contributed by atoms with Crippen LogP contribution in [0.1, 0.15) is 23.1 Å². The molecular formula is C21H17ClN4O2. The van der Waals surface area contributed by atoms with E-state index in [0.29, 0.717) is 17.4 Å². The maximum Gasteiger partial charge on any atom is 0.242 e. The molecule has 1 N–H and O–H groups in total. The van der Waals surface area contributed by atoms with Gasteiger partial charge in [0.05, 0.1) is 12.7 Å². The number of para-hydroxylation sites is 1. The van der Waals surface area contributed by atoms with Crippen molar-refractivity contribution in [3.8, 4) is 0 Å². The number of benzene rings is 2. The average molecular weight is 393 g/mol. The van der Waals surface area contributed by atoms with Gasteiger partial charge in [-0.25, -0.2) is 4.68 Å². The summed E-state index contributed by atoms with van der Waals surface area (Å²) in [6.45, 7) is 0.400. The predicted molar refractivity (Wildman–Crippen MR) is 107 cm³/mol. The molecule has 1 aromatic heterocycles. The fourth-order valence-corrected chi connectivity index (χ4v) is 4.51. The zero-order chi connectivity index (χ0) is 19.5. The maximum atomic E-state index is 13.4. The molecule has 2 amide bonds. The van der Waals surface area contributed by atoms with Gasteiger partial charge in [-0.05, 0) is 23.3 Å². The van der Waals surface area contributed by atoms with Gasteiger partial charge >= 0.3 is 0 Å². The van der Waals surface area contributed by atoms with Crippen molar-refractivity contribution >= 4 is 34.9 Å². The Bertz CT molecular complexity index is 1140. The molecule has 28 heavy (non-hydrogen) atoms. The van der Waals surface area contributed by atoms with Gasteiger partial charge in [0, 0.05) is 29.7 Å². The van der Waals surface area contributed by atoms with Crippen molar-refractivity contribution in [2.45, 2.75) is 18.4 Å². The molecule has 0 unspecified atom stereocenters. The molecule has 1 atom stereocenters. The molecule has 2 aliphatic heterocycles. The highest BCUT2D eigenvalue weighted by atomic mass is 35.5. The standard InChI is InChI=1S/C21H17ClN4O2/c1-25-17-9-5-3-7-14(17)21(20(25)28)10-18(27)24-19-15(21)11-23-26(19)12-13-6-2-4-8-16(13)22/h2-9,11H,10,12H2,1H3,(H,24,27)/t21-/m0/s1. The number of halogens is 1. The Morgan fingerprint density at radius 2 is 1.86 bits per heavy atom. The zero-order valence-electron chi connectivity index (χ0n) is 15.1. The molecule has 3 aromatic rings. The molecular weight excluding hydrogens is 376 g/mol. The number of carbonyl (C=O) groups excluding carboxylic acids is 2. The number of amides is 2. The summed E-state index contributed by atoms with van der Waals surface area (Å²) in [4.78, 5) is 27.7. The summed E-state index contributed by atoms with van der Waals surface area (Å²) in [5, 5.41) is 8.04. The number of hydrogen-bond acceptors (Lipinski definition) is 3. The summed E-state index contributed by atoms with van der Waals surface area (Å²) in [6, 6.07) is 15.1. The van der Waals surface area contributed by atoms with Crippen molar-refractivity contribution in [3.05, 3.63) is 76.4 Å². The Kier molecular flexibility index (Phi) is 3.61. The van der Waals surface area contributed by atoms with Crippen LogP contribution in [0.25, 0.3) is 0 Å². The largest absolute Gasteiger partial charge is 0.314 e. The van der Waals surface area contributed by atoms with Crippen LogP contribution in [-0.2, 0) is 21.5 Å². The van der Waals surface area contributed by atoms with Gasteiger partial charge in [0.2, 0.25) is 11.8 Å². The summed E-state index contributed by atoms with van der Waals surface area (Å²) in [7, 11) is 1.75. The van der Waals surface area contributed by atoms with Crippen molar-refractivity contribution in [3.63, 3.8) is 0 Å². The minimum Gasteiger partial charge on any atom is -0.314 e. The normalized spacial score (nSPS) is 20.3. The van der Waals surface area contributed by atoms with Crippen molar-refractivity contribution in [2.75, 3.05) is 17.3 Å². The fraction of sp³-hybridized carbons (Fsp3) is 0.190. The van der Waals surface area contributed by atoms with Crippen molar-refractivity contribution < 1.29 is 9.59 Å². The summed E-state index contributed by atoms with van der Waals surface area (Å²) < 4.78 is 1.70. The van der Waals surface area contributed by atoms with Gasteiger partial charge in [0.1, 0.15) is 11.2 Å². The molecule has 7 heteroatoms. The molecule has 140 valence electrons. The van der Waals surface area contributed by atoms with Crippen molar-refractivity contribution in [1.29, 1.82) is 0 Å². The number of nitrogens with zero attached hydrogens (tertiary/aromatic N) is 3. The quantitative estimate of drug-likeness (QED) is 0.728. The highest BCUT2D eigenvalue weighted by Gasteiger charge is 2.56. The van der Waals surface area contributed by atoms with E-state index in [9.17, 15) is 9.59 Å². The SMILES string of the molecule is CN1C(=O)[C@@]2(CC(=O)Nc3c2cnn3Cc2ccccc2Cl)c2ccccc21. The van der Waals surface area contributed by atoms with E-state index in [1.54, 1.807) is 22.8 Å². The molecule has 2 aromatic carbocycles. The first kappa shape index (κ1) is 17.0. The average Bonchev–Trinajstić information content (AvgIpc) is 3.18. The monoisotopic (exact) mass is 392 g/mol. The van der Waals surface area contributed by atoms with Crippen LogP contribution >= 0.6 is 11.6 Å². The number of carbonyl (C=O) groups is 2. The summed E-state index contributed by atoms with van der Waals surface area (Å²) in [6.07, 6.45) is 1.76. The molecule has 0 aliphatic carbocycles. The lowest BCUT2D eigenvalue weighted by molar-refractivity contribution is -0.126. The van der Waals surface area contributed by atoms with E-state index in [-0.39, 0.29) is 18.2 Å². The Hall–Kier alpha value is -3.12. The topological polar surface area (TPSA) is 67.2 Å². The van der Waals surface area contributed by atoms with Crippen molar-refractivity contribution in [1.82, 2.24) is 9.78 Å². The number of likely N-dealkylation sites (N-methyl/N-ethyl adjacent to an activating group) is 1. The molecule has 0 bridgehead atoms. The molecule has 0 saturated carbocycles. The fourth-order valence-electron chi connectivity index (χ4n) is 4.32. The number of fused-ring (bicyclic) bond motifs is 4. The lowest BCUT2D eigenvalue weighted by Gasteiger charge is -2.32. The molecule has 0 fully saturated rings. The molecule has 6 nitrogen and oxygen atoms in total. The van der Waals surface area contributed by atoms with Crippen molar-refractivity contribution in [2.24, 2.45) is 0 Å². The van der Waals surface area contributed by atoms with Gasteiger partial charge in [-0.15, -0.1) is 0 Å². The summed E-state index contributed by atoms with van der Waals surface area (Å²) in [5.41, 5.74) is 2.24. The first-order chi connectivity index (χ1) is 13.5. The first-order valence-electron chi connectivity index (χ1n) is 8.99. The van der Waals surface area contributed by atoms with E-state index in [4.69, 9.17) is 11.6 Å². The van der Waals surface area contributed by atoms with Crippen LogP contribution in [0.2, 0.25) is 5.02 Å². The Morgan fingerprint density at radius 1 is 1.11 bits per heavy atom. The minimum atomic E-state index is -1.04. The van der Waals surface area contributed by atoms with Crippen LogP contribution in [0, 0.1) is 0 Å². The van der Waals surface area contributed by atoms with Crippen LogP contribution in [-0.4, -0.2) is 28.6 Å². The molecule has 2 aliphatic rings. The van der Waals surface area contributed by atoms with Gasteiger partial charge in [0.25, 0.3) is 0 Å². The van der Waals surface area contributed by atoms with Gasteiger partial charge < -0.3 is 10.2 Å². The van der Waals surface area contributed by atoms with Crippen LogP contribution < -0.4 is 10.2 Å². The van der Waals surface area contributed by atoms with Crippen LogP contribution in [0.4, 0.5) is 11.5 Å². The third kappa shape index (κ3) is 2.18. The number of anilines is 2. The second kappa shape index (κ2) is 5.94. The molecule has 5 rings (SSSR count). The first-order valence-corrected chi connectivity index (χ1v) is 9.37. The second-order valence-electron chi connectivity index (χ2n) is 7.17. The summed E-state index contributed by atoms with van der Waals surface area (Å²) >= 11 is 6.29. The van der Waals surface area contributed by atoms with Crippen LogP contribution in [0.15, 0.2) is 54.7 Å². The highest BCUT2D eigenvalue weighted by Crippen LogP contribution is 2.51. The van der Waals surface area contributed by atoms with Gasteiger partial charge in [-0.3, -0.25) is 9.59 Å². The van der Waals surface area contributed by atoms with E-state index < -0.39 is 5.41 Å². The van der Waals surface area contributed by atoms with E-state index >= 15 is 0 Å². The second-order valence-corrected chi connectivity index (χ2v) is 7.57. The van der Waals surface area contributed by atoms with Gasteiger partial charge in [0.15, 0.2) is 0 Å². The van der Waals surface area contributed by atoms with Gasteiger partial charge in [-0.2, -0.15) is 5.10 Å². The molecule has 1 spiro atoms. The highest BCUT2D eigenvalue weighted by molar-refractivity contribution is 6.31. The summed E-state index contributed by atoms with van der Waals surface area (Å²) in [5.74, 6) is 0.239. The van der Waals surface area contributed by atoms with Crippen LogP contribution in [0.5, 0.6) is 0 Å². The third-order valence-electron chi connectivity index (χ3n) is 5.66. The van der Waals surface area contributed by atoms with E-state index in [1.165, 1.54) is 0 Å². The van der Waals surface area contributed by atoms with Crippen LogP contribution in [0.3, 0.4) is 0 Å². The molecule has 0 radical (unpaired) electrons. The maximum absolute atomic E-state index is 13.4. The Labute approximate surface area is 166 Å². The van der Waals surface area contributed by atoms with E-state index in [1.807, 2.05) is 48.5 Å². The molecule has 0 saturated heterocycles. The third-order valence-corrected chi connectivity index (χ3v) is 6.02. The predicted octanol–water partition coefficient (Wildman–Crippen LogP) is 3.19. The molecule has 3 heterocycles. The number of aromatic nitrogens is 2. The zero-order valence-corrected chi connectivity index (χ0v) is 15.9. The number of hydrogen-bond donors (Lipinski definition) is 1. The minimum absolute atomic E-state index is 0.0674. The Morgan fingerprint density at radius 3 is 2.68 bits per heavy atom. The van der Waals surface area contributed by atoms with E-state index in [2.05, 4.69) is 10.4 Å². The lowest BCUT2D eigenvalue weighted by atomic mass is 9.72.